The van der Waals surface area contributed by atoms with Gasteiger partial charge in [0.05, 0.1) is 16.8 Å². The van der Waals surface area contributed by atoms with Crippen molar-refractivity contribution in [2.75, 3.05) is 6.54 Å². The third kappa shape index (κ3) is 5.59. The lowest BCUT2D eigenvalue weighted by Gasteiger charge is -2.30. The highest BCUT2D eigenvalue weighted by Gasteiger charge is 2.53. The van der Waals surface area contributed by atoms with Crippen LogP contribution in [0.15, 0.2) is 84.9 Å². The van der Waals surface area contributed by atoms with Gasteiger partial charge in [-0.05, 0) is 73.0 Å². The molecule has 208 valence electrons. The Labute approximate surface area is 239 Å². The van der Waals surface area contributed by atoms with E-state index in [9.17, 15) is 29.3 Å². The molecule has 10 nitrogen and oxygen atoms in total. The van der Waals surface area contributed by atoms with Crippen LogP contribution in [0.4, 0.5) is 5.69 Å². The molecule has 1 fully saturated rings. The zero-order valence-corrected chi connectivity index (χ0v) is 22.6. The van der Waals surface area contributed by atoms with E-state index in [1.807, 2.05) is 19.1 Å². The topological polar surface area (TPSA) is 127 Å². The van der Waals surface area contributed by atoms with Crippen LogP contribution in [0.5, 0.6) is 11.5 Å². The molecule has 3 aromatic carbocycles. The van der Waals surface area contributed by atoms with E-state index in [4.69, 9.17) is 16.3 Å². The molecule has 0 saturated carbocycles. The van der Waals surface area contributed by atoms with Gasteiger partial charge >= 0.3 is 0 Å². The summed E-state index contributed by atoms with van der Waals surface area (Å²) in [6, 6.07) is 17.5. The Hall–Kier alpha value is -4.83. The van der Waals surface area contributed by atoms with Crippen molar-refractivity contribution < 1.29 is 28.8 Å². The fraction of sp³-hybridized carbons (Fsp3) is 0.200. The maximum absolute atomic E-state index is 13.6. The van der Waals surface area contributed by atoms with Gasteiger partial charge in [-0.1, -0.05) is 30.7 Å². The van der Waals surface area contributed by atoms with Gasteiger partial charge in [0.1, 0.15) is 18.0 Å². The van der Waals surface area contributed by atoms with E-state index in [1.165, 1.54) is 72.8 Å². The summed E-state index contributed by atoms with van der Waals surface area (Å²) in [6.45, 7) is 1.29. The summed E-state index contributed by atoms with van der Waals surface area (Å²) in [5.41, 5.74) is 0.313. The van der Waals surface area contributed by atoms with Crippen molar-refractivity contribution in [3.63, 3.8) is 0 Å². The largest absolute Gasteiger partial charge is 0.457 e. The van der Waals surface area contributed by atoms with Crippen molar-refractivity contribution in [3.8, 4) is 11.5 Å². The lowest BCUT2D eigenvalue weighted by Crippen LogP contribution is -2.52. The van der Waals surface area contributed by atoms with Gasteiger partial charge in [-0.25, -0.2) is 5.01 Å². The molecule has 3 atom stereocenters. The molecule has 0 unspecified atom stereocenters. The number of fused-ring (bicyclic) bond motifs is 1. The molecule has 3 aromatic rings. The lowest BCUT2D eigenvalue weighted by atomic mass is 9.78. The number of allylic oxidation sites excluding steroid dienone is 2. The monoisotopic (exact) mass is 573 g/mol. The molecule has 0 N–H and O–H groups in total. The third-order valence-electron chi connectivity index (χ3n) is 7.17. The number of benzene rings is 3. The van der Waals surface area contributed by atoms with Gasteiger partial charge < -0.3 is 4.74 Å². The van der Waals surface area contributed by atoms with E-state index < -0.39 is 46.8 Å². The average molecular weight is 574 g/mol. The van der Waals surface area contributed by atoms with Crippen LogP contribution < -0.4 is 4.74 Å². The maximum Gasteiger partial charge on any atom is 0.273 e. The summed E-state index contributed by atoms with van der Waals surface area (Å²) >= 11 is 5.97. The third-order valence-corrected chi connectivity index (χ3v) is 7.42. The molecular weight excluding hydrogens is 550 g/mol. The van der Waals surface area contributed by atoms with Crippen molar-refractivity contribution in [3.05, 3.63) is 111 Å². The van der Waals surface area contributed by atoms with Crippen molar-refractivity contribution in [2.45, 2.75) is 13.3 Å². The molecule has 0 bridgehead atoms. The second kappa shape index (κ2) is 11.3. The molecule has 1 aliphatic heterocycles. The van der Waals surface area contributed by atoms with Crippen molar-refractivity contribution in [1.82, 2.24) is 10.0 Å². The molecule has 3 amide bonds. The lowest BCUT2D eigenvalue weighted by molar-refractivity contribution is -0.384. The highest BCUT2D eigenvalue weighted by atomic mass is 35.5. The van der Waals surface area contributed by atoms with E-state index in [1.54, 1.807) is 0 Å². The zero-order valence-electron chi connectivity index (χ0n) is 21.8. The highest BCUT2D eigenvalue weighted by Crippen LogP contribution is 2.39. The van der Waals surface area contributed by atoms with E-state index in [-0.39, 0.29) is 22.7 Å². The number of carbonyl (C=O) groups is 4. The number of nitro groups is 1. The second-order valence-electron chi connectivity index (χ2n) is 9.81. The van der Waals surface area contributed by atoms with Crippen LogP contribution in [0.1, 0.15) is 34.1 Å². The molecular formula is C30H24ClN3O7. The van der Waals surface area contributed by atoms with Gasteiger partial charge in [-0.15, -0.1) is 0 Å². The van der Waals surface area contributed by atoms with Gasteiger partial charge in [0.2, 0.25) is 0 Å². The predicted octanol–water partition coefficient (Wildman–Crippen LogP) is 5.48. The first-order valence-electron chi connectivity index (χ1n) is 12.8. The maximum atomic E-state index is 13.6. The van der Waals surface area contributed by atoms with Crippen LogP contribution in [0.2, 0.25) is 5.02 Å². The Kier molecular flexibility index (Phi) is 7.67. The molecule has 2 aliphatic rings. The summed E-state index contributed by atoms with van der Waals surface area (Å²) in [7, 11) is 0. The molecule has 41 heavy (non-hydrogen) atoms. The molecule has 0 aromatic heterocycles. The summed E-state index contributed by atoms with van der Waals surface area (Å²) in [5, 5.41) is 13.0. The number of hydrogen-bond donors (Lipinski definition) is 0. The van der Waals surface area contributed by atoms with Crippen molar-refractivity contribution in [1.29, 1.82) is 0 Å². The smallest absolute Gasteiger partial charge is 0.273 e. The summed E-state index contributed by atoms with van der Waals surface area (Å²) in [4.78, 5) is 64.2. The van der Waals surface area contributed by atoms with E-state index in [2.05, 4.69) is 0 Å². The number of nitrogens with zero attached hydrogens (tertiary/aromatic N) is 3. The number of carbonyl (C=O) groups excluding carboxylic acids is 4. The number of halogens is 1. The van der Waals surface area contributed by atoms with Crippen molar-refractivity contribution >= 4 is 40.8 Å². The second-order valence-corrected chi connectivity index (χ2v) is 10.3. The van der Waals surface area contributed by atoms with Crippen molar-refractivity contribution in [2.24, 2.45) is 17.8 Å². The van der Waals surface area contributed by atoms with Crippen LogP contribution in [-0.4, -0.2) is 45.0 Å². The predicted molar refractivity (Wildman–Crippen MR) is 148 cm³/mol. The van der Waals surface area contributed by atoms with Crippen LogP contribution in [0.25, 0.3) is 0 Å². The number of hydrogen-bond acceptors (Lipinski definition) is 7. The summed E-state index contributed by atoms with van der Waals surface area (Å²) in [6.07, 6.45) is 4.12. The van der Waals surface area contributed by atoms with Crippen LogP contribution in [0, 0.1) is 27.9 Å². The van der Waals surface area contributed by atoms with Crippen LogP contribution >= 0.6 is 11.6 Å². The molecule has 11 heteroatoms. The van der Waals surface area contributed by atoms with E-state index >= 15 is 0 Å². The van der Waals surface area contributed by atoms with Gasteiger partial charge in [-0.3, -0.25) is 29.3 Å². The minimum absolute atomic E-state index is 0.0732. The SMILES string of the molecule is C[C@@H]1C=CC[C@@H]2C(=O)N(N(CC(=O)c3ccc(Oc4ccc([N+](=O)[O-])cc4)cc3)C(=O)c3ccc(Cl)cc3)C(=O)[C@H]12. The Balaban J connectivity index is 1.38. The van der Waals surface area contributed by atoms with Gasteiger partial charge in [-0.2, -0.15) is 5.01 Å². The van der Waals surface area contributed by atoms with Gasteiger partial charge in [0.15, 0.2) is 5.78 Å². The highest BCUT2D eigenvalue weighted by molar-refractivity contribution is 6.30. The fourth-order valence-electron chi connectivity index (χ4n) is 5.05. The molecule has 0 spiro atoms. The van der Waals surface area contributed by atoms with E-state index in [0.29, 0.717) is 22.9 Å². The molecule has 0 radical (unpaired) electrons. The van der Waals surface area contributed by atoms with E-state index in [0.717, 1.165) is 10.0 Å². The average Bonchev–Trinajstić information content (AvgIpc) is 3.22. The Morgan fingerprint density at radius 2 is 1.54 bits per heavy atom. The van der Waals surface area contributed by atoms with Gasteiger partial charge in [0.25, 0.3) is 23.4 Å². The zero-order chi connectivity index (χ0) is 29.3. The number of hydrazine groups is 1. The first-order valence-corrected chi connectivity index (χ1v) is 13.2. The number of ether oxygens (including phenoxy) is 1. The van der Waals surface area contributed by atoms with Crippen LogP contribution in [0.3, 0.4) is 0 Å². The molecule has 1 heterocycles. The Bertz CT molecular complexity index is 1550. The van der Waals surface area contributed by atoms with Crippen LogP contribution in [-0.2, 0) is 9.59 Å². The summed E-state index contributed by atoms with van der Waals surface area (Å²) in [5.74, 6) is -2.89. The number of amides is 3. The number of ketones is 1. The quantitative estimate of drug-likeness (QED) is 0.115. The Morgan fingerprint density at radius 1 is 0.951 bits per heavy atom. The first-order chi connectivity index (χ1) is 19.6. The number of nitro benzene ring substituents is 1. The number of Topliss-reactive ketones (excluding diaryl/α,β-unsaturated/α-hetero) is 1. The molecule has 1 saturated heterocycles. The Morgan fingerprint density at radius 3 is 2.12 bits per heavy atom. The number of imide groups is 1. The normalized spacial score (nSPS) is 19.6. The summed E-state index contributed by atoms with van der Waals surface area (Å²) < 4.78 is 5.70. The number of non-ortho nitro benzene ring substituents is 1. The number of rotatable bonds is 8. The van der Waals surface area contributed by atoms with Gasteiger partial charge in [0, 0.05) is 28.3 Å². The fourth-order valence-corrected chi connectivity index (χ4v) is 5.18. The molecule has 5 rings (SSSR count). The molecule has 1 aliphatic carbocycles. The minimum Gasteiger partial charge on any atom is -0.457 e. The minimum atomic E-state index is -0.686. The first kappa shape index (κ1) is 27.7. The standard InChI is InChI=1S/C30H24ClN3O7/c1-18-3-2-4-25-27(18)30(38)33(29(25)37)32(28(36)20-5-9-21(31)10-6-20)17-26(35)19-7-13-23(14-8-19)41-24-15-11-22(12-16-24)34(39)40/h2-3,5-16,18,25,27H,4,17H2,1H3/t18-,25+,27-/m1/s1.